The van der Waals surface area contributed by atoms with E-state index >= 15 is 0 Å². The Hall–Kier alpha value is -3.81. The number of aliphatic imine (C=N–C) groups is 1. The third-order valence-electron chi connectivity index (χ3n) is 11.3. The van der Waals surface area contributed by atoms with E-state index in [-0.39, 0.29) is 36.9 Å². The Morgan fingerprint density at radius 2 is 1.19 bits per heavy atom. The first-order valence-corrected chi connectivity index (χ1v) is 27.0. The molecule has 1 fully saturated rings. The van der Waals surface area contributed by atoms with Crippen LogP contribution in [0.1, 0.15) is 97.6 Å². The molecule has 74 heavy (non-hydrogen) atoms. The molecule has 1 aromatic rings. The van der Waals surface area contributed by atoms with E-state index in [4.69, 9.17) is 62.6 Å². The van der Waals surface area contributed by atoms with E-state index in [2.05, 4.69) is 27.4 Å². The zero-order chi connectivity index (χ0) is 53.3. The van der Waals surface area contributed by atoms with Gasteiger partial charge in [-0.2, -0.15) is 5.10 Å². The van der Waals surface area contributed by atoms with Crippen molar-refractivity contribution in [2.75, 3.05) is 172 Å². The smallest absolute Gasteiger partial charge is 0.407 e. The van der Waals surface area contributed by atoms with E-state index in [0.29, 0.717) is 182 Å². The second-order valence-electron chi connectivity index (χ2n) is 18.9. The van der Waals surface area contributed by atoms with E-state index in [1.807, 2.05) is 43.4 Å². The molecule has 0 radical (unpaired) electrons. The van der Waals surface area contributed by atoms with Gasteiger partial charge >= 0.3 is 12.1 Å². The molecule has 0 saturated heterocycles. The molecule has 22 nitrogen and oxygen atoms in total. The topological polar surface area (TPSA) is 237 Å². The highest BCUT2D eigenvalue weighted by atomic mass is 16.6. The summed E-state index contributed by atoms with van der Waals surface area (Å²) in [5, 5.41) is 7.40. The SMILES string of the molecule is CCCN(CCCNC(=O)OC1CCC1)C(=O)C1=Cc2c(cnn2CCCCCN(C)CCOCCOCCOCCOCCOCCOCCOCCOCCOCCOCCC(=O)OC(C)(C)C)N=C(N)C1. The van der Waals surface area contributed by atoms with Crippen molar-refractivity contribution in [3.8, 4) is 0 Å². The first-order chi connectivity index (χ1) is 35.9. The average molecular weight is 1060 g/mol. The number of nitrogens with zero attached hydrogens (tertiary/aromatic N) is 5. The molecule has 0 atom stereocenters. The van der Waals surface area contributed by atoms with Crippen LogP contribution in [0, 0.1) is 0 Å². The van der Waals surface area contributed by atoms with Gasteiger partial charge in [0.25, 0.3) is 0 Å². The Morgan fingerprint density at radius 1 is 0.676 bits per heavy atom. The molecule has 1 aliphatic heterocycles. The number of aromatic nitrogens is 2. The van der Waals surface area contributed by atoms with Gasteiger partial charge in [-0.25, -0.2) is 9.79 Å². The average Bonchev–Trinajstić information content (AvgIpc) is 3.62. The maximum atomic E-state index is 13.8. The molecule has 1 aromatic heterocycles. The number of ether oxygens (including phenoxy) is 12. The Bertz CT molecular complexity index is 1690. The summed E-state index contributed by atoms with van der Waals surface area (Å²) in [4.78, 5) is 46.1. The van der Waals surface area contributed by atoms with Crippen molar-refractivity contribution in [2.45, 2.75) is 110 Å². The lowest BCUT2D eigenvalue weighted by Gasteiger charge is -2.25. The monoisotopic (exact) mass is 1060 g/mol. The molecule has 2 aliphatic rings. The van der Waals surface area contributed by atoms with Crippen LogP contribution in [0.5, 0.6) is 0 Å². The number of esters is 1. The minimum absolute atomic E-state index is 0.0373. The molecule has 2 heterocycles. The van der Waals surface area contributed by atoms with E-state index in [1.165, 1.54) is 0 Å². The summed E-state index contributed by atoms with van der Waals surface area (Å²) >= 11 is 0. The number of carbonyl (C=O) groups is 3. The van der Waals surface area contributed by atoms with Crippen LogP contribution in [0.25, 0.3) is 6.08 Å². The Kier molecular flexibility index (Phi) is 36.0. The molecule has 0 bridgehead atoms. The van der Waals surface area contributed by atoms with E-state index in [0.717, 1.165) is 63.7 Å². The lowest BCUT2D eigenvalue weighted by Crippen LogP contribution is -2.37. The lowest BCUT2D eigenvalue weighted by molar-refractivity contribution is -0.156. The van der Waals surface area contributed by atoms with E-state index in [9.17, 15) is 14.4 Å². The van der Waals surface area contributed by atoms with Crippen molar-refractivity contribution >= 4 is 35.6 Å². The van der Waals surface area contributed by atoms with Crippen LogP contribution in [0.15, 0.2) is 16.8 Å². The number of fused-ring (bicyclic) bond motifs is 1. The minimum Gasteiger partial charge on any atom is -0.460 e. The van der Waals surface area contributed by atoms with Crippen LogP contribution >= 0.6 is 0 Å². The fraction of sp³-hybridized carbons (Fsp3) is 0.827. The number of nitrogens with one attached hydrogen (secondary N) is 1. The number of hydrogen-bond donors (Lipinski definition) is 2. The normalized spacial score (nSPS) is 13.8. The molecule has 0 unspecified atom stereocenters. The first kappa shape index (κ1) is 64.5. The second-order valence-corrected chi connectivity index (χ2v) is 18.9. The molecule has 22 heteroatoms. The van der Waals surface area contributed by atoms with Crippen molar-refractivity contribution in [3.63, 3.8) is 0 Å². The number of aryl methyl sites for hydroxylation is 1. The van der Waals surface area contributed by atoms with Gasteiger partial charge in [0.15, 0.2) is 0 Å². The van der Waals surface area contributed by atoms with Gasteiger partial charge in [-0.1, -0.05) is 13.3 Å². The van der Waals surface area contributed by atoms with Gasteiger partial charge < -0.3 is 77.7 Å². The van der Waals surface area contributed by atoms with Crippen LogP contribution in [0.4, 0.5) is 10.5 Å². The number of carbonyl (C=O) groups excluding carboxylic acids is 3. The number of amidine groups is 1. The third kappa shape index (κ3) is 32.6. The number of likely N-dealkylation sites (N-methyl/N-ethyl adjacent to an activating group) is 1. The number of unbranched alkanes of at least 4 members (excludes halogenated alkanes) is 2. The molecular formula is C52H93N7O15. The van der Waals surface area contributed by atoms with Crippen LogP contribution < -0.4 is 11.1 Å². The summed E-state index contributed by atoms with van der Waals surface area (Å²) in [6.07, 6.45) is 11.2. The molecule has 3 N–H and O–H groups in total. The number of alkyl carbamates (subject to hydrolysis) is 1. The van der Waals surface area contributed by atoms with E-state index < -0.39 is 5.60 Å². The fourth-order valence-corrected chi connectivity index (χ4v) is 7.25. The molecule has 0 aromatic carbocycles. The molecule has 1 aliphatic carbocycles. The van der Waals surface area contributed by atoms with Crippen molar-refractivity contribution in [2.24, 2.45) is 10.7 Å². The highest BCUT2D eigenvalue weighted by Gasteiger charge is 2.24. The number of hydrogen-bond acceptors (Lipinski definition) is 19. The van der Waals surface area contributed by atoms with Crippen LogP contribution in [-0.2, 0) is 73.0 Å². The van der Waals surface area contributed by atoms with Gasteiger partial charge in [-0.15, -0.1) is 0 Å². The van der Waals surface area contributed by atoms with Crippen LogP contribution in [-0.4, -0.2) is 227 Å². The highest BCUT2D eigenvalue weighted by Crippen LogP contribution is 2.28. The third-order valence-corrected chi connectivity index (χ3v) is 11.3. The zero-order valence-electron chi connectivity index (χ0n) is 45.6. The molecular weight excluding hydrogens is 963 g/mol. The quantitative estimate of drug-likeness (QED) is 0.0672. The summed E-state index contributed by atoms with van der Waals surface area (Å²) in [5.41, 5.74) is 7.86. The largest absolute Gasteiger partial charge is 0.460 e. The molecule has 3 rings (SSSR count). The van der Waals surface area contributed by atoms with Gasteiger partial charge in [0.1, 0.15) is 23.2 Å². The second kappa shape index (κ2) is 41.4. The van der Waals surface area contributed by atoms with E-state index in [1.54, 1.807) is 6.20 Å². The summed E-state index contributed by atoms with van der Waals surface area (Å²) in [7, 11) is 2.10. The van der Waals surface area contributed by atoms with Crippen LogP contribution in [0.2, 0.25) is 0 Å². The summed E-state index contributed by atoms with van der Waals surface area (Å²) in [5.74, 6) is 0.0432. The van der Waals surface area contributed by atoms with Crippen molar-refractivity contribution in [1.29, 1.82) is 0 Å². The zero-order valence-corrected chi connectivity index (χ0v) is 45.6. The Labute approximate surface area is 440 Å². The van der Waals surface area contributed by atoms with Gasteiger partial charge in [-0.3, -0.25) is 14.3 Å². The Morgan fingerprint density at radius 3 is 1.68 bits per heavy atom. The number of amides is 2. The first-order valence-electron chi connectivity index (χ1n) is 27.0. The molecule has 2 amide bonds. The lowest BCUT2D eigenvalue weighted by atomic mass is 9.96. The molecule has 1 saturated carbocycles. The summed E-state index contributed by atoms with van der Waals surface area (Å²) in [6, 6.07) is 0. The van der Waals surface area contributed by atoms with Gasteiger partial charge in [0.05, 0.1) is 150 Å². The van der Waals surface area contributed by atoms with Crippen molar-refractivity contribution < 1.29 is 71.2 Å². The molecule has 0 spiro atoms. The fourth-order valence-electron chi connectivity index (χ4n) is 7.25. The maximum Gasteiger partial charge on any atom is 0.407 e. The number of nitrogens with two attached hydrogens (primary N) is 1. The minimum atomic E-state index is -0.483. The van der Waals surface area contributed by atoms with Crippen LogP contribution in [0.3, 0.4) is 0 Å². The standard InChI is InChI=1S/C52H93N7O15/c1-6-16-58(18-11-15-54-51(62)73-45-12-10-13-45)50(61)44-41-47-46(56-48(53)42-44)43-55-59(47)19-9-7-8-17-57(5)20-22-64-24-26-66-28-30-68-32-34-70-36-38-72-40-39-71-37-35-69-33-31-67-29-27-65-25-23-63-21-14-49(60)74-52(2,3)4/h41,43,45H,6-40,42H2,1-5H3,(H2,53,56)(H,54,62). The predicted molar refractivity (Wildman–Crippen MR) is 280 cm³/mol. The molecule has 426 valence electrons. The number of rotatable bonds is 47. The summed E-state index contributed by atoms with van der Waals surface area (Å²) < 4.78 is 67.9. The van der Waals surface area contributed by atoms with Gasteiger partial charge in [-0.05, 0) is 85.4 Å². The Balaban J connectivity index is 1.04. The maximum absolute atomic E-state index is 13.8. The van der Waals surface area contributed by atoms with Gasteiger partial charge in [0, 0.05) is 44.7 Å². The van der Waals surface area contributed by atoms with Crippen molar-refractivity contribution in [3.05, 3.63) is 17.5 Å². The summed E-state index contributed by atoms with van der Waals surface area (Å²) in [6.45, 7) is 21.2. The highest BCUT2D eigenvalue weighted by molar-refractivity contribution is 6.05. The van der Waals surface area contributed by atoms with Crippen molar-refractivity contribution in [1.82, 2.24) is 24.9 Å². The predicted octanol–water partition coefficient (Wildman–Crippen LogP) is 4.57. The van der Waals surface area contributed by atoms with Gasteiger partial charge in [0.2, 0.25) is 5.91 Å².